The maximum absolute atomic E-state index is 12.6. The Hall–Kier alpha value is -1.73. The molecule has 1 unspecified atom stereocenters. The molecule has 1 heterocycles. The fourth-order valence-corrected chi connectivity index (χ4v) is 3.52. The van der Waals surface area contributed by atoms with E-state index in [9.17, 15) is 15.0 Å². The summed E-state index contributed by atoms with van der Waals surface area (Å²) in [6.45, 7) is 0.616. The number of urea groups is 1. The summed E-state index contributed by atoms with van der Waals surface area (Å²) in [4.78, 5) is 14.3. The second kappa shape index (κ2) is 7.03. The number of benzene rings is 2. The van der Waals surface area contributed by atoms with Crippen molar-refractivity contribution in [3.05, 3.63) is 50.9 Å². The van der Waals surface area contributed by atoms with Crippen LogP contribution in [0, 0.1) is 0 Å². The van der Waals surface area contributed by atoms with Gasteiger partial charge < -0.3 is 20.4 Å². The molecule has 1 fully saturated rings. The molecule has 3 N–H and O–H groups in total. The Bertz CT molecular complexity index is 765. The molecule has 2 amide bonds. The van der Waals surface area contributed by atoms with Crippen LogP contribution in [0.15, 0.2) is 45.3 Å². The molecule has 3 rings (SSSR count). The van der Waals surface area contributed by atoms with E-state index in [0.717, 1.165) is 17.3 Å². The maximum atomic E-state index is 12.6. The largest absolute Gasteiger partial charge is 0.507 e. The highest BCUT2D eigenvalue weighted by Crippen LogP contribution is 2.41. The topological polar surface area (TPSA) is 72.8 Å². The average molecular weight is 456 g/mol. The van der Waals surface area contributed by atoms with E-state index in [1.54, 1.807) is 11.0 Å². The number of hydrogen-bond acceptors (Lipinski definition) is 3. The monoisotopic (exact) mass is 454 g/mol. The Labute approximate surface area is 156 Å². The summed E-state index contributed by atoms with van der Waals surface area (Å²) >= 11 is 6.62. The first-order valence-corrected chi connectivity index (χ1v) is 9.09. The van der Waals surface area contributed by atoms with E-state index in [-0.39, 0.29) is 23.6 Å². The lowest BCUT2D eigenvalue weighted by Crippen LogP contribution is -2.34. The van der Waals surface area contributed by atoms with Crippen molar-refractivity contribution in [3.8, 4) is 11.5 Å². The lowest BCUT2D eigenvalue weighted by atomic mass is 10.0. The van der Waals surface area contributed by atoms with Crippen molar-refractivity contribution >= 4 is 43.6 Å². The maximum Gasteiger partial charge on any atom is 0.322 e. The number of carbonyl (C=O) groups is 1. The molecule has 0 bridgehead atoms. The van der Waals surface area contributed by atoms with Crippen LogP contribution >= 0.6 is 31.9 Å². The average Bonchev–Trinajstić information content (AvgIpc) is 3.02. The smallest absolute Gasteiger partial charge is 0.322 e. The number of halogens is 2. The molecule has 24 heavy (non-hydrogen) atoms. The highest BCUT2D eigenvalue weighted by Gasteiger charge is 2.32. The van der Waals surface area contributed by atoms with Gasteiger partial charge in [-0.1, -0.05) is 15.9 Å². The highest BCUT2D eigenvalue weighted by atomic mass is 79.9. The zero-order valence-corrected chi connectivity index (χ0v) is 15.8. The molecule has 0 aromatic heterocycles. The molecule has 1 aliphatic rings. The third-order valence-corrected chi connectivity index (χ3v) is 5.23. The van der Waals surface area contributed by atoms with Crippen LogP contribution in [0.4, 0.5) is 10.5 Å². The number of likely N-dealkylation sites (tertiary alicyclic amines) is 1. The molecule has 5 nitrogen and oxygen atoms in total. The van der Waals surface area contributed by atoms with Crippen LogP contribution in [0.5, 0.6) is 11.5 Å². The lowest BCUT2D eigenvalue weighted by molar-refractivity contribution is 0.206. The van der Waals surface area contributed by atoms with Gasteiger partial charge in [-0.25, -0.2) is 4.79 Å². The van der Waals surface area contributed by atoms with Crippen LogP contribution < -0.4 is 5.32 Å². The van der Waals surface area contributed by atoms with Crippen molar-refractivity contribution in [2.24, 2.45) is 0 Å². The van der Waals surface area contributed by atoms with Crippen LogP contribution in [0.25, 0.3) is 0 Å². The fourth-order valence-electron chi connectivity index (χ4n) is 2.89. The summed E-state index contributed by atoms with van der Waals surface area (Å²) in [5.41, 5.74) is 1.34. The number of anilines is 1. The first-order valence-electron chi connectivity index (χ1n) is 7.50. The quantitative estimate of drug-likeness (QED) is 0.597. The van der Waals surface area contributed by atoms with Gasteiger partial charge in [0.25, 0.3) is 0 Å². The summed E-state index contributed by atoms with van der Waals surface area (Å²) in [6.07, 6.45) is 1.62. The Kier molecular flexibility index (Phi) is 5.01. The minimum absolute atomic E-state index is 0.0101. The number of nitrogens with one attached hydrogen (secondary N) is 1. The van der Waals surface area contributed by atoms with E-state index in [4.69, 9.17) is 0 Å². The molecule has 1 atom stereocenters. The highest BCUT2D eigenvalue weighted by molar-refractivity contribution is 9.10. The number of nitrogens with zero attached hydrogens (tertiary/aromatic N) is 1. The van der Waals surface area contributed by atoms with Crippen molar-refractivity contribution in [3.63, 3.8) is 0 Å². The van der Waals surface area contributed by atoms with Crippen molar-refractivity contribution in [1.29, 1.82) is 0 Å². The molecule has 0 aliphatic carbocycles. The number of carbonyl (C=O) groups excluding carboxylic acids is 1. The molecular formula is C17H16Br2N2O3. The van der Waals surface area contributed by atoms with Crippen molar-refractivity contribution in [2.75, 3.05) is 11.9 Å². The standard InChI is InChI=1S/C17H16Br2N2O3/c18-10-3-5-11(6-4-10)20-17(24)21-7-1-2-14(21)12-8-13(19)16(23)9-15(12)22/h3-6,8-9,14,22-23H,1-2,7H2,(H,20,24). The van der Waals surface area contributed by atoms with E-state index in [1.165, 1.54) is 6.07 Å². The first kappa shape index (κ1) is 17.1. The summed E-state index contributed by atoms with van der Waals surface area (Å²) in [6, 6.07) is 9.90. The van der Waals surface area contributed by atoms with Crippen LogP contribution in [0.2, 0.25) is 0 Å². The van der Waals surface area contributed by atoms with Gasteiger partial charge in [0.15, 0.2) is 0 Å². The molecule has 1 aliphatic heterocycles. The van der Waals surface area contributed by atoms with E-state index in [0.29, 0.717) is 22.3 Å². The van der Waals surface area contributed by atoms with Crippen LogP contribution in [-0.4, -0.2) is 27.7 Å². The lowest BCUT2D eigenvalue weighted by Gasteiger charge is -2.26. The summed E-state index contributed by atoms with van der Waals surface area (Å²) in [5, 5.41) is 22.7. The minimum Gasteiger partial charge on any atom is -0.507 e. The Morgan fingerprint density at radius 1 is 1.12 bits per heavy atom. The molecule has 2 aromatic rings. The summed E-state index contributed by atoms with van der Waals surface area (Å²) in [7, 11) is 0. The molecular weight excluding hydrogens is 440 g/mol. The summed E-state index contributed by atoms with van der Waals surface area (Å²) in [5.74, 6) is -0.0378. The Morgan fingerprint density at radius 2 is 1.83 bits per heavy atom. The summed E-state index contributed by atoms with van der Waals surface area (Å²) < 4.78 is 1.44. The van der Waals surface area contributed by atoms with Gasteiger partial charge in [-0.2, -0.15) is 0 Å². The molecule has 2 aromatic carbocycles. The van der Waals surface area contributed by atoms with E-state index < -0.39 is 0 Å². The number of hydrogen-bond donors (Lipinski definition) is 3. The minimum atomic E-state index is -0.225. The van der Waals surface area contributed by atoms with Crippen LogP contribution in [-0.2, 0) is 0 Å². The molecule has 0 spiro atoms. The van der Waals surface area contributed by atoms with Crippen molar-refractivity contribution < 1.29 is 15.0 Å². The van der Waals surface area contributed by atoms with Crippen molar-refractivity contribution in [2.45, 2.75) is 18.9 Å². The fraction of sp³-hybridized carbons (Fsp3) is 0.235. The van der Waals surface area contributed by atoms with Gasteiger partial charge in [-0.3, -0.25) is 0 Å². The zero-order chi connectivity index (χ0) is 17.3. The third-order valence-electron chi connectivity index (χ3n) is 4.06. The van der Waals surface area contributed by atoms with Gasteiger partial charge >= 0.3 is 6.03 Å². The molecule has 1 saturated heterocycles. The first-order chi connectivity index (χ1) is 11.5. The number of amides is 2. The van der Waals surface area contributed by atoms with Gasteiger partial charge in [-0.05, 0) is 59.1 Å². The number of aromatic hydroxyl groups is 2. The number of phenols is 2. The SMILES string of the molecule is O=C(Nc1ccc(Br)cc1)N1CCCC1c1cc(Br)c(O)cc1O. The molecule has 0 radical (unpaired) electrons. The number of phenolic OH excluding ortho intramolecular Hbond substituents is 2. The number of rotatable bonds is 2. The van der Waals surface area contributed by atoms with Gasteiger partial charge in [-0.15, -0.1) is 0 Å². The third kappa shape index (κ3) is 3.52. The van der Waals surface area contributed by atoms with Gasteiger partial charge in [0, 0.05) is 28.3 Å². The predicted molar refractivity (Wildman–Crippen MR) is 99.3 cm³/mol. The second-order valence-electron chi connectivity index (χ2n) is 5.65. The predicted octanol–water partition coefficient (Wildman–Crippen LogP) is 4.99. The van der Waals surface area contributed by atoms with E-state index in [1.807, 2.05) is 24.3 Å². The van der Waals surface area contributed by atoms with Gasteiger partial charge in [0.2, 0.25) is 0 Å². The van der Waals surface area contributed by atoms with Crippen LogP contribution in [0.3, 0.4) is 0 Å². The van der Waals surface area contributed by atoms with Crippen molar-refractivity contribution in [1.82, 2.24) is 4.90 Å². The van der Waals surface area contributed by atoms with Gasteiger partial charge in [0.1, 0.15) is 11.5 Å². The Balaban J connectivity index is 1.81. The second-order valence-corrected chi connectivity index (χ2v) is 7.42. The van der Waals surface area contributed by atoms with Gasteiger partial charge in [0.05, 0.1) is 10.5 Å². The normalized spacial score (nSPS) is 17.1. The molecule has 7 heteroatoms. The Morgan fingerprint density at radius 3 is 2.54 bits per heavy atom. The zero-order valence-electron chi connectivity index (χ0n) is 12.7. The molecule has 0 saturated carbocycles. The van der Waals surface area contributed by atoms with E-state index >= 15 is 0 Å². The molecule has 126 valence electrons. The van der Waals surface area contributed by atoms with Crippen LogP contribution in [0.1, 0.15) is 24.4 Å². The van der Waals surface area contributed by atoms with E-state index in [2.05, 4.69) is 37.2 Å².